The summed E-state index contributed by atoms with van der Waals surface area (Å²) in [6.07, 6.45) is 9.43. The number of nitrogens with zero attached hydrogens (tertiary/aromatic N) is 2. The molecular weight excluding hydrogens is 306 g/mol. The van der Waals surface area contributed by atoms with Gasteiger partial charge >= 0.3 is 0 Å². The van der Waals surface area contributed by atoms with Crippen LogP contribution in [-0.2, 0) is 18.3 Å². The number of thioether (sulfide) groups is 1. The highest BCUT2D eigenvalue weighted by molar-refractivity contribution is 7.99. The Balaban J connectivity index is 1.56. The number of aryl methyl sites for hydroxylation is 2. The summed E-state index contributed by atoms with van der Waals surface area (Å²) in [6.45, 7) is 4.89. The van der Waals surface area contributed by atoms with Crippen LogP contribution in [0.15, 0.2) is 0 Å². The molecule has 0 aromatic carbocycles. The van der Waals surface area contributed by atoms with Crippen molar-refractivity contribution in [3.63, 3.8) is 0 Å². The molecule has 5 heteroatoms. The Labute approximate surface area is 144 Å². The molecule has 2 rings (SSSR count). The molecule has 0 radical (unpaired) electrons. The lowest BCUT2D eigenvalue weighted by Crippen LogP contribution is -2.25. The summed E-state index contributed by atoms with van der Waals surface area (Å²) in [5.41, 5.74) is 3.43. The van der Waals surface area contributed by atoms with E-state index in [0.717, 1.165) is 30.3 Å². The van der Waals surface area contributed by atoms with Gasteiger partial charge in [-0.1, -0.05) is 19.3 Å². The van der Waals surface area contributed by atoms with Crippen molar-refractivity contribution in [2.45, 2.75) is 70.5 Å². The number of carbonyl (C=O) groups excluding carboxylic acids is 1. The monoisotopic (exact) mass is 337 g/mol. The largest absolute Gasteiger partial charge is 0.356 e. The molecule has 1 fully saturated rings. The van der Waals surface area contributed by atoms with E-state index >= 15 is 0 Å². The molecule has 0 saturated heterocycles. The first-order chi connectivity index (χ1) is 11.1. The van der Waals surface area contributed by atoms with Gasteiger partial charge in [-0.2, -0.15) is 16.9 Å². The first-order valence-corrected chi connectivity index (χ1v) is 10.00. The molecule has 130 valence electrons. The Kier molecular flexibility index (Phi) is 7.47. The number of rotatable bonds is 8. The summed E-state index contributed by atoms with van der Waals surface area (Å²) in [7, 11) is 1.95. The zero-order valence-corrected chi connectivity index (χ0v) is 15.7. The lowest BCUT2D eigenvalue weighted by molar-refractivity contribution is -0.121. The van der Waals surface area contributed by atoms with Crippen LogP contribution in [-0.4, -0.2) is 33.2 Å². The fourth-order valence-electron chi connectivity index (χ4n) is 3.29. The van der Waals surface area contributed by atoms with Crippen LogP contribution in [0.3, 0.4) is 0 Å². The van der Waals surface area contributed by atoms with Gasteiger partial charge in [0, 0.05) is 31.0 Å². The van der Waals surface area contributed by atoms with E-state index in [-0.39, 0.29) is 5.91 Å². The first-order valence-electron chi connectivity index (χ1n) is 8.95. The molecule has 0 atom stereocenters. The van der Waals surface area contributed by atoms with Crippen molar-refractivity contribution in [2.24, 2.45) is 7.05 Å². The summed E-state index contributed by atoms with van der Waals surface area (Å²) in [5, 5.41) is 8.33. The molecule has 0 bridgehead atoms. The van der Waals surface area contributed by atoms with Gasteiger partial charge < -0.3 is 5.32 Å². The minimum atomic E-state index is 0.162. The van der Waals surface area contributed by atoms with Crippen LogP contribution >= 0.6 is 11.8 Å². The molecule has 1 aliphatic carbocycles. The standard InChI is InChI=1S/C18H31N3OS/c1-14-17(15(2)21(3)20-14)10-11-18(22)19-12-7-13-23-16-8-5-4-6-9-16/h16H,4-13H2,1-3H3,(H,19,22). The van der Waals surface area contributed by atoms with Gasteiger partial charge in [-0.05, 0) is 50.8 Å². The second-order valence-electron chi connectivity index (χ2n) is 6.61. The second-order valence-corrected chi connectivity index (χ2v) is 8.02. The van der Waals surface area contributed by atoms with Crippen molar-refractivity contribution in [1.82, 2.24) is 15.1 Å². The predicted molar refractivity (Wildman–Crippen MR) is 98.0 cm³/mol. The zero-order chi connectivity index (χ0) is 16.7. The maximum atomic E-state index is 12.0. The zero-order valence-electron chi connectivity index (χ0n) is 14.9. The minimum Gasteiger partial charge on any atom is -0.356 e. The van der Waals surface area contributed by atoms with Crippen molar-refractivity contribution in [3.8, 4) is 0 Å². The van der Waals surface area contributed by atoms with Crippen molar-refractivity contribution >= 4 is 17.7 Å². The molecular formula is C18H31N3OS. The molecule has 0 unspecified atom stereocenters. The van der Waals surface area contributed by atoms with Crippen LogP contribution in [0.5, 0.6) is 0 Å². The van der Waals surface area contributed by atoms with Crippen LogP contribution < -0.4 is 5.32 Å². The van der Waals surface area contributed by atoms with E-state index in [2.05, 4.69) is 29.1 Å². The van der Waals surface area contributed by atoms with E-state index in [1.807, 2.05) is 18.7 Å². The number of aromatic nitrogens is 2. The fraction of sp³-hybridized carbons (Fsp3) is 0.778. The topological polar surface area (TPSA) is 46.9 Å². The number of hydrogen-bond acceptors (Lipinski definition) is 3. The van der Waals surface area contributed by atoms with E-state index in [9.17, 15) is 4.79 Å². The molecule has 1 N–H and O–H groups in total. The lowest BCUT2D eigenvalue weighted by Gasteiger charge is -2.20. The average molecular weight is 338 g/mol. The van der Waals surface area contributed by atoms with Crippen LogP contribution in [0.1, 0.15) is 61.9 Å². The third-order valence-corrected chi connectivity index (χ3v) is 6.28. The Hall–Kier alpha value is -0.970. The van der Waals surface area contributed by atoms with Gasteiger partial charge in [-0.25, -0.2) is 0 Å². The van der Waals surface area contributed by atoms with E-state index in [0.29, 0.717) is 6.42 Å². The highest BCUT2D eigenvalue weighted by Crippen LogP contribution is 2.28. The Morgan fingerprint density at radius 1 is 1.30 bits per heavy atom. The van der Waals surface area contributed by atoms with Gasteiger partial charge in [0.1, 0.15) is 0 Å². The third-order valence-electron chi connectivity index (χ3n) is 4.81. The molecule has 1 aromatic heterocycles. The number of amides is 1. The van der Waals surface area contributed by atoms with Gasteiger partial charge in [0.05, 0.1) is 5.69 Å². The SMILES string of the molecule is Cc1nn(C)c(C)c1CCC(=O)NCCCSC1CCCCC1. The quantitative estimate of drug-likeness (QED) is 0.738. The summed E-state index contributed by atoms with van der Waals surface area (Å²) >= 11 is 2.10. The van der Waals surface area contributed by atoms with Crippen LogP contribution in [0.2, 0.25) is 0 Å². The van der Waals surface area contributed by atoms with E-state index < -0.39 is 0 Å². The third kappa shape index (κ3) is 5.87. The van der Waals surface area contributed by atoms with Crippen molar-refractivity contribution in [1.29, 1.82) is 0 Å². The second kappa shape index (κ2) is 9.36. The number of carbonyl (C=O) groups is 1. The number of hydrogen-bond donors (Lipinski definition) is 1. The molecule has 1 aromatic rings. The van der Waals surface area contributed by atoms with Crippen molar-refractivity contribution in [2.75, 3.05) is 12.3 Å². The summed E-state index contributed by atoms with van der Waals surface area (Å²) in [4.78, 5) is 12.0. The highest BCUT2D eigenvalue weighted by Gasteiger charge is 2.13. The van der Waals surface area contributed by atoms with Crippen molar-refractivity contribution in [3.05, 3.63) is 17.0 Å². The number of nitrogens with one attached hydrogen (secondary N) is 1. The molecule has 23 heavy (non-hydrogen) atoms. The van der Waals surface area contributed by atoms with Gasteiger partial charge in [-0.15, -0.1) is 0 Å². The summed E-state index contributed by atoms with van der Waals surface area (Å²) in [6, 6.07) is 0. The Morgan fingerprint density at radius 2 is 2.04 bits per heavy atom. The summed E-state index contributed by atoms with van der Waals surface area (Å²) in [5.74, 6) is 1.33. The van der Waals surface area contributed by atoms with Gasteiger partial charge in [-0.3, -0.25) is 9.48 Å². The smallest absolute Gasteiger partial charge is 0.220 e. The molecule has 1 aliphatic rings. The Morgan fingerprint density at radius 3 is 2.70 bits per heavy atom. The molecule has 1 amide bonds. The van der Waals surface area contributed by atoms with E-state index in [4.69, 9.17) is 0 Å². The van der Waals surface area contributed by atoms with E-state index in [1.165, 1.54) is 49.1 Å². The Bertz CT molecular complexity index is 507. The predicted octanol–water partition coefficient (Wildman–Crippen LogP) is 3.54. The molecule has 0 spiro atoms. The lowest BCUT2D eigenvalue weighted by atomic mass is 10.0. The van der Waals surface area contributed by atoms with Crippen LogP contribution in [0, 0.1) is 13.8 Å². The average Bonchev–Trinajstić information content (AvgIpc) is 2.79. The minimum absolute atomic E-state index is 0.162. The van der Waals surface area contributed by atoms with Gasteiger partial charge in [0.25, 0.3) is 0 Å². The van der Waals surface area contributed by atoms with Gasteiger partial charge in [0.15, 0.2) is 0 Å². The summed E-state index contributed by atoms with van der Waals surface area (Å²) < 4.78 is 1.89. The molecule has 1 heterocycles. The first kappa shape index (κ1) is 18.4. The molecule has 0 aliphatic heterocycles. The van der Waals surface area contributed by atoms with Crippen LogP contribution in [0.25, 0.3) is 0 Å². The fourth-order valence-corrected chi connectivity index (χ4v) is 4.60. The maximum absolute atomic E-state index is 12.0. The van der Waals surface area contributed by atoms with Gasteiger partial charge in [0.2, 0.25) is 5.91 Å². The molecule has 4 nitrogen and oxygen atoms in total. The maximum Gasteiger partial charge on any atom is 0.220 e. The van der Waals surface area contributed by atoms with E-state index in [1.54, 1.807) is 0 Å². The normalized spacial score (nSPS) is 15.8. The van der Waals surface area contributed by atoms with Crippen molar-refractivity contribution < 1.29 is 4.79 Å². The molecule has 1 saturated carbocycles. The highest BCUT2D eigenvalue weighted by atomic mass is 32.2. The van der Waals surface area contributed by atoms with Crippen LogP contribution in [0.4, 0.5) is 0 Å².